The number of hydrogen-bond acceptors (Lipinski definition) is 7. The molecule has 1 saturated heterocycles. The number of hydrogen-bond donors (Lipinski definition) is 1. The number of amides is 1. The number of benzene rings is 1. The molecule has 1 aromatic carbocycles. The topological polar surface area (TPSA) is 98.1 Å². The second kappa shape index (κ2) is 9.11. The van der Waals surface area contributed by atoms with Crippen LogP contribution in [0.3, 0.4) is 0 Å². The van der Waals surface area contributed by atoms with Crippen molar-refractivity contribution < 1.29 is 4.79 Å². The molecule has 4 rings (SSSR count). The molecule has 31 heavy (non-hydrogen) atoms. The Kier molecular flexibility index (Phi) is 6.28. The lowest BCUT2D eigenvalue weighted by Gasteiger charge is -2.34. The SMILES string of the molecule is Cc1cccc(CN2CCN(C(=O)CSc3nnc(-n4nc(C)cc4C)n3N)CC2)c1. The fourth-order valence-corrected chi connectivity index (χ4v) is 4.54. The molecule has 1 aliphatic heterocycles. The molecule has 2 N–H and O–H groups in total. The number of carbonyl (C=O) groups excluding carboxylic acids is 1. The Balaban J connectivity index is 1.29. The molecule has 3 heterocycles. The second-order valence-electron chi connectivity index (χ2n) is 7.93. The van der Waals surface area contributed by atoms with E-state index < -0.39 is 0 Å². The van der Waals surface area contributed by atoms with Gasteiger partial charge in [0.25, 0.3) is 5.95 Å². The monoisotopic (exact) mass is 440 g/mol. The maximum absolute atomic E-state index is 12.7. The van der Waals surface area contributed by atoms with Crippen LogP contribution in [-0.2, 0) is 11.3 Å². The zero-order valence-electron chi connectivity index (χ0n) is 18.2. The average molecular weight is 441 g/mol. The summed E-state index contributed by atoms with van der Waals surface area (Å²) in [5.41, 5.74) is 4.40. The van der Waals surface area contributed by atoms with Crippen molar-refractivity contribution in [2.45, 2.75) is 32.5 Å². The van der Waals surface area contributed by atoms with Crippen LogP contribution in [0.4, 0.5) is 0 Å². The number of aromatic nitrogens is 5. The van der Waals surface area contributed by atoms with Crippen LogP contribution in [0, 0.1) is 20.8 Å². The standard InChI is InChI=1S/C21H28N8OS/c1-15-5-4-6-18(11-15)13-26-7-9-27(10-8-26)19(30)14-31-21-24-23-20(28(21)22)29-17(3)12-16(2)25-29/h4-6,11-12H,7-10,13-14,22H2,1-3H3. The van der Waals surface area contributed by atoms with Crippen LogP contribution in [0.15, 0.2) is 35.5 Å². The normalized spacial score (nSPS) is 14.9. The molecule has 1 amide bonds. The molecular weight excluding hydrogens is 412 g/mol. The highest BCUT2D eigenvalue weighted by Gasteiger charge is 2.22. The molecule has 0 radical (unpaired) electrons. The van der Waals surface area contributed by atoms with Crippen LogP contribution < -0.4 is 5.84 Å². The van der Waals surface area contributed by atoms with E-state index in [1.807, 2.05) is 24.8 Å². The van der Waals surface area contributed by atoms with E-state index in [1.54, 1.807) is 4.68 Å². The molecule has 164 valence electrons. The first-order valence-electron chi connectivity index (χ1n) is 10.3. The Morgan fingerprint density at radius 3 is 2.55 bits per heavy atom. The number of thioether (sulfide) groups is 1. The Hall–Kier alpha value is -2.85. The van der Waals surface area contributed by atoms with E-state index in [4.69, 9.17) is 5.84 Å². The van der Waals surface area contributed by atoms with E-state index in [0.29, 0.717) is 11.1 Å². The summed E-state index contributed by atoms with van der Waals surface area (Å²) < 4.78 is 3.04. The quantitative estimate of drug-likeness (QED) is 0.459. The third-order valence-corrected chi connectivity index (χ3v) is 6.31. The molecule has 0 spiro atoms. The summed E-state index contributed by atoms with van der Waals surface area (Å²) in [5, 5.41) is 13.2. The predicted molar refractivity (Wildman–Crippen MR) is 121 cm³/mol. The van der Waals surface area contributed by atoms with E-state index in [0.717, 1.165) is 44.1 Å². The number of aryl methyl sites for hydroxylation is 3. The van der Waals surface area contributed by atoms with Crippen molar-refractivity contribution in [1.29, 1.82) is 0 Å². The molecule has 0 unspecified atom stereocenters. The van der Waals surface area contributed by atoms with Gasteiger partial charge in [-0.15, -0.1) is 10.2 Å². The smallest absolute Gasteiger partial charge is 0.271 e. The zero-order chi connectivity index (χ0) is 22.0. The maximum atomic E-state index is 12.7. The van der Waals surface area contributed by atoms with E-state index in [1.165, 1.54) is 27.6 Å². The van der Waals surface area contributed by atoms with Gasteiger partial charge in [0, 0.05) is 38.4 Å². The van der Waals surface area contributed by atoms with Gasteiger partial charge in [0.2, 0.25) is 11.1 Å². The largest absolute Gasteiger partial charge is 0.339 e. The van der Waals surface area contributed by atoms with Gasteiger partial charge in [0.1, 0.15) is 0 Å². The van der Waals surface area contributed by atoms with Gasteiger partial charge in [-0.2, -0.15) is 5.10 Å². The summed E-state index contributed by atoms with van der Waals surface area (Å²) >= 11 is 1.30. The van der Waals surface area contributed by atoms with Crippen LogP contribution in [0.2, 0.25) is 0 Å². The molecule has 10 heteroatoms. The van der Waals surface area contributed by atoms with Crippen LogP contribution in [0.1, 0.15) is 22.5 Å². The maximum Gasteiger partial charge on any atom is 0.271 e. The number of nitrogen functional groups attached to an aromatic ring is 1. The van der Waals surface area contributed by atoms with E-state index in [-0.39, 0.29) is 11.7 Å². The first-order chi connectivity index (χ1) is 14.9. The predicted octanol–water partition coefficient (Wildman–Crippen LogP) is 1.54. The number of piperazine rings is 1. The third-order valence-electron chi connectivity index (χ3n) is 5.38. The fraction of sp³-hybridized carbons (Fsp3) is 0.429. The lowest BCUT2D eigenvalue weighted by Crippen LogP contribution is -2.48. The Morgan fingerprint density at radius 2 is 1.87 bits per heavy atom. The van der Waals surface area contributed by atoms with E-state index >= 15 is 0 Å². The minimum Gasteiger partial charge on any atom is -0.339 e. The summed E-state index contributed by atoms with van der Waals surface area (Å²) in [6.45, 7) is 10.1. The molecule has 0 aliphatic carbocycles. The lowest BCUT2D eigenvalue weighted by molar-refractivity contribution is -0.130. The van der Waals surface area contributed by atoms with Crippen LogP contribution in [0.5, 0.6) is 0 Å². The number of rotatable bonds is 6. The average Bonchev–Trinajstić information content (AvgIpc) is 3.27. The highest BCUT2D eigenvalue weighted by Crippen LogP contribution is 2.19. The van der Waals surface area contributed by atoms with Crippen LogP contribution in [0.25, 0.3) is 5.95 Å². The fourth-order valence-electron chi connectivity index (χ4n) is 3.79. The van der Waals surface area contributed by atoms with E-state index in [2.05, 4.69) is 51.4 Å². The molecule has 0 atom stereocenters. The van der Waals surface area contributed by atoms with Gasteiger partial charge in [-0.1, -0.05) is 41.6 Å². The summed E-state index contributed by atoms with van der Waals surface area (Å²) in [5.74, 6) is 6.97. The zero-order valence-corrected chi connectivity index (χ0v) is 19.0. The van der Waals surface area contributed by atoms with Gasteiger partial charge >= 0.3 is 0 Å². The van der Waals surface area contributed by atoms with Gasteiger partial charge < -0.3 is 10.7 Å². The Morgan fingerprint density at radius 1 is 1.10 bits per heavy atom. The molecule has 9 nitrogen and oxygen atoms in total. The summed E-state index contributed by atoms with van der Waals surface area (Å²) in [6.07, 6.45) is 0. The molecular formula is C21H28N8OS. The van der Waals surface area contributed by atoms with E-state index in [9.17, 15) is 4.79 Å². The van der Waals surface area contributed by atoms with Crippen molar-refractivity contribution in [3.63, 3.8) is 0 Å². The van der Waals surface area contributed by atoms with Gasteiger partial charge in [-0.05, 0) is 32.4 Å². The van der Waals surface area contributed by atoms with Gasteiger partial charge in [-0.25, -0.2) is 9.36 Å². The molecule has 3 aromatic rings. The van der Waals surface area contributed by atoms with Crippen molar-refractivity contribution in [2.75, 3.05) is 37.8 Å². The second-order valence-corrected chi connectivity index (χ2v) is 8.87. The number of carbonyl (C=O) groups is 1. The molecule has 1 aliphatic rings. The highest BCUT2D eigenvalue weighted by atomic mass is 32.2. The van der Waals surface area contributed by atoms with Crippen LogP contribution >= 0.6 is 11.8 Å². The van der Waals surface area contributed by atoms with Crippen molar-refractivity contribution in [2.24, 2.45) is 0 Å². The van der Waals surface area contributed by atoms with Gasteiger partial charge in [0.05, 0.1) is 11.4 Å². The summed E-state index contributed by atoms with van der Waals surface area (Å²) in [7, 11) is 0. The third kappa shape index (κ3) is 4.91. The van der Waals surface area contributed by atoms with Gasteiger partial charge in [0.15, 0.2) is 0 Å². The minimum atomic E-state index is 0.0934. The number of nitrogens with two attached hydrogens (primary N) is 1. The molecule has 1 fully saturated rings. The number of nitrogens with zero attached hydrogens (tertiary/aromatic N) is 7. The van der Waals surface area contributed by atoms with Crippen molar-refractivity contribution in [3.8, 4) is 5.95 Å². The highest BCUT2D eigenvalue weighted by molar-refractivity contribution is 7.99. The lowest BCUT2D eigenvalue weighted by atomic mass is 10.1. The van der Waals surface area contributed by atoms with Crippen molar-refractivity contribution >= 4 is 17.7 Å². The first kappa shape index (κ1) is 21.4. The van der Waals surface area contributed by atoms with Crippen molar-refractivity contribution in [1.82, 2.24) is 34.5 Å². The van der Waals surface area contributed by atoms with Crippen LogP contribution in [-0.4, -0.2) is 72.3 Å². The Bertz CT molecular complexity index is 1070. The van der Waals surface area contributed by atoms with Gasteiger partial charge in [-0.3, -0.25) is 9.69 Å². The first-order valence-corrected chi connectivity index (χ1v) is 11.3. The summed E-state index contributed by atoms with van der Waals surface area (Å²) in [6, 6.07) is 10.5. The molecule has 0 bridgehead atoms. The Labute approximate surface area is 186 Å². The molecule has 0 saturated carbocycles. The molecule has 2 aromatic heterocycles. The summed E-state index contributed by atoms with van der Waals surface area (Å²) in [4.78, 5) is 17.0. The minimum absolute atomic E-state index is 0.0934. The van der Waals surface area contributed by atoms with Crippen molar-refractivity contribution in [3.05, 3.63) is 52.8 Å².